The Morgan fingerprint density at radius 2 is 1.53 bits per heavy atom. The molecule has 0 spiro atoms. The molecule has 1 aliphatic carbocycles. The average molecular weight is 456 g/mol. The highest BCUT2D eigenvalue weighted by Gasteiger charge is 2.22. The van der Waals surface area contributed by atoms with Crippen molar-refractivity contribution in [2.75, 3.05) is 0 Å². The van der Waals surface area contributed by atoms with Crippen molar-refractivity contribution in [3.05, 3.63) is 59.0 Å². The molecule has 0 radical (unpaired) electrons. The number of nitrogens with one attached hydrogen (secondary N) is 1. The SMILES string of the molecule is CC[C@H]1C=c2cc3sc4c5cc6ccccc6cc5sc4c3cc2=C[C@H]1CC(=O)NC=O. The predicted molar refractivity (Wildman–Crippen MR) is 136 cm³/mol. The molecule has 0 fully saturated rings. The first-order valence-corrected chi connectivity index (χ1v) is 12.5. The smallest absolute Gasteiger partial charge is 0.226 e. The highest BCUT2D eigenvalue weighted by Crippen LogP contribution is 2.44. The minimum absolute atomic E-state index is 0.103. The summed E-state index contributed by atoms with van der Waals surface area (Å²) in [5.41, 5.74) is 0. The standard InChI is InChI=1S/C27H21NO2S2/c1-2-15-7-19-12-24-22(10-18(19)8-20(15)13-25(30)28-14-29)27-26(32-24)21-9-16-5-3-4-6-17(16)11-23(21)31-27/h3-12,14-15,20H,2,13H2,1H3,(H,28,29,30)/t15-,20-/m0/s1. The molecule has 0 saturated carbocycles. The molecule has 3 aromatic carbocycles. The lowest BCUT2D eigenvalue weighted by Crippen LogP contribution is -2.35. The summed E-state index contributed by atoms with van der Waals surface area (Å²) >= 11 is 3.75. The molecule has 2 aromatic heterocycles. The fourth-order valence-electron chi connectivity index (χ4n) is 4.99. The summed E-state index contributed by atoms with van der Waals surface area (Å²) in [6.07, 6.45) is 6.32. The number of carbonyl (C=O) groups excluding carboxylic acids is 2. The van der Waals surface area contributed by atoms with Crippen LogP contribution in [0.1, 0.15) is 19.8 Å². The van der Waals surface area contributed by atoms with E-state index in [0.29, 0.717) is 18.7 Å². The molecule has 158 valence electrons. The van der Waals surface area contributed by atoms with Gasteiger partial charge in [0.05, 0.1) is 9.40 Å². The molecule has 3 nitrogen and oxygen atoms in total. The number of imide groups is 1. The number of amides is 2. The molecular weight excluding hydrogens is 434 g/mol. The number of fused-ring (bicyclic) bond motifs is 7. The van der Waals surface area contributed by atoms with Crippen LogP contribution >= 0.6 is 22.7 Å². The maximum atomic E-state index is 12.1. The Labute approximate surface area is 192 Å². The van der Waals surface area contributed by atoms with Gasteiger partial charge in [-0.15, -0.1) is 22.7 Å². The Bertz CT molecular complexity index is 1670. The van der Waals surface area contributed by atoms with E-state index < -0.39 is 0 Å². The van der Waals surface area contributed by atoms with Gasteiger partial charge in [-0.25, -0.2) is 0 Å². The van der Waals surface area contributed by atoms with E-state index >= 15 is 0 Å². The van der Waals surface area contributed by atoms with E-state index in [0.717, 1.165) is 6.42 Å². The lowest BCUT2D eigenvalue weighted by atomic mass is 9.82. The molecule has 1 aliphatic rings. The van der Waals surface area contributed by atoms with Crippen molar-refractivity contribution in [2.45, 2.75) is 19.8 Å². The van der Waals surface area contributed by atoms with E-state index in [2.05, 4.69) is 72.9 Å². The van der Waals surface area contributed by atoms with Gasteiger partial charge >= 0.3 is 0 Å². The third-order valence-corrected chi connectivity index (χ3v) is 9.10. The van der Waals surface area contributed by atoms with E-state index in [1.807, 2.05) is 22.7 Å². The van der Waals surface area contributed by atoms with Crippen molar-refractivity contribution in [1.29, 1.82) is 0 Å². The highest BCUT2D eigenvalue weighted by atomic mass is 32.1. The molecular formula is C27H21NO2S2. The second-order valence-corrected chi connectivity index (χ2v) is 10.6. The molecule has 32 heavy (non-hydrogen) atoms. The first kappa shape index (κ1) is 19.6. The minimum Gasteiger partial charge on any atom is -0.299 e. The zero-order valence-corrected chi connectivity index (χ0v) is 19.2. The molecule has 0 aliphatic heterocycles. The molecule has 2 amide bonds. The van der Waals surface area contributed by atoms with Gasteiger partial charge in [0.2, 0.25) is 12.3 Å². The molecule has 0 bridgehead atoms. The largest absolute Gasteiger partial charge is 0.299 e. The van der Waals surface area contributed by atoms with Gasteiger partial charge in [-0.2, -0.15) is 0 Å². The quantitative estimate of drug-likeness (QED) is 0.374. The number of hydrogen-bond donors (Lipinski definition) is 1. The second kappa shape index (κ2) is 7.54. The van der Waals surface area contributed by atoms with E-state index in [-0.39, 0.29) is 11.8 Å². The summed E-state index contributed by atoms with van der Waals surface area (Å²) in [4.78, 5) is 22.7. The third-order valence-electron chi connectivity index (χ3n) is 6.60. The van der Waals surface area contributed by atoms with Gasteiger partial charge in [-0.3, -0.25) is 14.9 Å². The van der Waals surface area contributed by atoms with E-state index in [4.69, 9.17) is 0 Å². The fraction of sp³-hybridized carbons (Fsp3) is 0.185. The summed E-state index contributed by atoms with van der Waals surface area (Å²) in [5, 5.41) is 9.92. The zero-order valence-electron chi connectivity index (χ0n) is 17.6. The molecule has 0 saturated heterocycles. The first-order valence-electron chi connectivity index (χ1n) is 10.9. The molecule has 2 atom stereocenters. The van der Waals surface area contributed by atoms with E-state index in [9.17, 15) is 9.59 Å². The topological polar surface area (TPSA) is 46.2 Å². The molecule has 0 unspecified atom stereocenters. The minimum atomic E-state index is -0.216. The van der Waals surface area contributed by atoms with Gasteiger partial charge < -0.3 is 0 Å². The van der Waals surface area contributed by atoms with Gasteiger partial charge in [-0.05, 0) is 63.7 Å². The van der Waals surface area contributed by atoms with Gasteiger partial charge in [0.25, 0.3) is 0 Å². The predicted octanol–water partition coefficient (Wildman–Crippen LogP) is 5.30. The van der Waals surface area contributed by atoms with Crippen molar-refractivity contribution in [3.8, 4) is 0 Å². The molecule has 5 heteroatoms. The van der Waals surface area contributed by atoms with Crippen LogP contribution in [0.15, 0.2) is 48.5 Å². The molecule has 2 heterocycles. The molecule has 6 rings (SSSR count). The van der Waals surface area contributed by atoms with Crippen LogP contribution in [0.3, 0.4) is 0 Å². The normalized spacial score (nSPS) is 17.9. The van der Waals surface area contributed by atoms with Crippen LogP contribution in [0.4, 0.5) is 0 Å². The molecule has 5 aromatic rings. The number of benzene rings is 3. The second-order valence-electron chi connectivity index (χ2n) is 8.49. The first-order chi connectivity index (χ1) is 15.6. The Hall–Kier alpha value is -3.02. The Kier molecular flexibility index (Phi) is 4.63. The highest BCUT2D eigenvalue weighted by molar-refractivity contribution is 7.36. The summed E-state index contributed by atoms with van der Waals surface area (Å²) in [6, 6.07) is 17.8. The Morgan fingerprint density at radius 3 is 2.25 bits per heavy atom. The third kappa shape index (κ3) is 3.07. The van der Waals surface area contributed by atoms with Crippen LogP contribution in [0, 0.1) is 11.8 Å². The van der Waals surface area contributed by atoms with Crippen LogP contribution in [0.25, 0.3) is 52.5 Å². The summed E-state index contributed by atoms with van der Waals surface area (Å²) in [7, 11) is 0. The summed E-state index contributed by atoms with van der Waals surface area (Å²) < 4.78 is 5.35. The van der Waals surface area contributed by atoms with Crippen molar-refractivity contribution >= 4 is 87.5 Å². The molecule has 1 N–H and O–H groups in total. The summed E-state index contributed by atoms with van der Waals surface area (Å²) in [5.74, 6) is 0.185. The fourth-order valence-corrected chi connectivity index (χ4v) is 7.69. The van der Waals surface area contributed by atoms with Gasteiger partial charge in [-0.1, -0.05) is 43.3 Å². The summed E-state index contributed by atoms with van der Waals surface area (Å²) in [6.45, 7) is 2.15. The average Bonchev–Trinajstić information content (AvgIpc) is 3.31. The monoisotopic (exact) mass is 455 g/mol. The van der Waals surface area contributed by atoms with Gasteiger partial charge in [0.1, 0.15) is 0 Å². The van der Waals surface area contributed by atoms with Crippen LogP contribution < -0.4 is 15.8 Å². The number of rotatable bonds is 4. The Morgan fingerprint density at radius 1 is 0.906 bits per heavy atom. The zero-order chi connectivity index (χ0) is 21.8. The maximum Gasteiger partial charge on any atom is 0.226 e. The Balaban J connectivity index is 1.56. The van der Waals surface area contributed by atoms with E-state index in [1.165, 1.54) is 50.8 Å². The van der Waals surface area contributed by atoms with Crippen molar-refractivity contribution < 1.29 is 9.59 Å². The van der Waals surface area contributed by atoms with Crippen LogP contribution in [0.2, 0.25) is 0 Å². The lowest BCUT2D eigenvalue weighted by Gasteiger charge is -2.23. The van der Waals surface area contributed by atoms with Crippen LogP contribution in [-0.2, 0) is 9.59 Å². The number of thiophene rings is 2. The van der Waals surface area contributed by atoms with Gasteiger partial charge in [0, 0.05) is 26.6 Å². The lowest BCUT2D eigenvalue weighted by molar-refractivity contribution is -0.125. The number of hydrogen-bond acceptors (Lipinski definition) is 4. The van der Waals surface area contributed by atoms with Crippen LogP contribution in [0.5, 0.6) is 0 Å². The van der Waals surface area contributed by atoms with Crippen LogP contribution in [-0.4, -0.2) is 12.3 Å². The number of carbonyl (C=O) groups is 2. The van der Waals surface area contributed by atoms with E-state index in [1.54, 1.807) is 0 Å². The van der Waals surface area contributed by atoms with Crippen molar-refractivity contribution in [2.24, 2.45) is 11.8 Å². The van der Waals surface area contributed by atoms with Crippen molar-refractivity contribution in [1.82, 2.24) is 5.32 Å². The maximum absolute atomic E-state index is 12.1. The van der Waals surface area contributed by atoms with Crippen molar-refractivity contribution in [3.63, 3.8) is 0 Å². The van der Waals surface area contributed by atoms with Gasteiger partial charge in [0.15, 0.2) is 0 Å².